The van der Waals surface area contributed by atoms with Crippen molar-refractivity contribution >= 4 is 5.97 Å². The molecule has 0 spiro atoms. The third-order valence-electron chi connectivity index (χ3n) is 3.32. The Hall–Kier alpha value is -2.09. The summed E-state index contributed by atoms with van der Waals surface area (Å²) in [6.07, 6.45) is 29.4. The number of hydrogen-bond acceptors (Lipinski definition) is 2. The summed E-state index contributed by atoms with van der Waals surface area (Å²) in [7, 11) is 0. The van der Waals surface area contributed by atoms with Crippen molar-refractivity contribution in [3.63, 3.8) is 0 Å². The third-order valence-corrected chi connectivity index (χ3v) is 3.32. The highest BCUT2D eigenvalue weighted by atomic mass is 16.5. The first kappa shape index (κ1) is 22.9. The molecule has 2 heteroatoms. The molecule has 0 aromatic heterocycles. The second-order valence-corrected chi connectivity index (χ2v) is 5.55. The molecule has 0 radical (unpaired) electrons. The summed E-state index contributed by atoms with van der Waals surface area (Å²) < 4.78 is 4.93. The molecule has 25 heavy (non-hydrogen) atoms. The molecule has 0 N–H and O–H groups in total. The minimum absolute atomic E-state index is 0.227. The van der Waals surface area contributed by atoms with Gasteiger partial charge in [-0.3, -0.25) is 0 Å². The van der Waals surface area contributed by atoms with Gasteiger partial charge in [-0.1, -0.05) is 73.8 Å². The standard InChI is InChI=1S/C23H34O2/c1-4-6-7-8-9-10-11-12-13-14-15-16-17-18-19-20-21-22(3)23(24)25-5-2/h6-7,9-10,12-13,15-16,18-19,21H,4-5,8,11,14,17,20H2,1-3H3/b7-6-,10-9-,13-12-,16-15-,19-18-,22-21-. The number of carbonyl (C=O) groups excluding carboxylic acids is 1. The zero-order valence-corrected chi connectivity index (χ0v) is 16.1. The number of esters is 1. The van der Waals surface area contributed by atoms with Crippen LogP contribution >= 0.6 is 0 Å². The van der Waals surface area contributed by atoms with Crippen LogP contribution in [0.1, 0.15) is 59.3 Å². The van der Waals surface area contributed by atoms with Crippen molar-refractivity contribution < 1.29 is 9.53 Å². The first-order chi connectivity index (χ1) is 12.2. The second-order valence-electron chi connectivity index (χ2n) is 5.55. The molecule has 0 aliphatic rings. The minimum atomic E-state index is -0.227. The molecule has 0 amide bonds. The van der Waals surface area contributed by atoms with E-state index >= 15 is 0 Å². The van der Waals surface area contributed by atoms with Gasteiger partial charge in [-0.25, -0.2) is 4.79 Å². The van der Waals surface area contributed by atoms with Crippen molar-refractivity contribution in [2.45, 2.75) is 59.3 Å². The Morgan fingerprint density at radius 1 is 0.680 bits per heavy atom. The van der Waals surface area contributed by atoms with E-state index in [0.717, 1.165) is 38.5 Å². The summed E-state index contributed by atoms with van der Waals surface area (Å²) in [5, 5.41) is 0. The summed E-state index contributed by atoms with van der Waals surface area (Å²) in [6.45, 7) is 6.17. The largest absolute Gasteiger partial charge is 0.463 e. The Kier molecular flexibility index (Phi) is 16.7. The Morgan fingerprint density at radius 3 is 1.48 bits per heavy atom. The Morgan fingerprint density at radius 2 is 1.08 bits per heavy atom. The van der Waals surface area contributed by atoms with Gasteiger partial charge in [0.15, 0.2) is 0 Å². The zero-order chi connectivity index (χ0) is 18.6. The van der Waals surface area contributed by atoms with E-state index in [1.165, 1.54) is 0 Å². The highest BCUT2D eigenvalue weighted by molar-refractivity contribution is 5.87. The monoisotopic (exact) mass is 342 g/mol. The fourth-order valence-corrected chi connectivity index (χ4v) is 1.92. The maximum absolute atomic E-state index is 11.4. The van der Waals surface area contributed by atoms with E-state index in [0.29, 0.717) is 12.2 Å². The molecule has 0 aromatic rings. The summed E-state index contributed by atoms with van der Waals surface area (Å²) in [4.78, 5) is 11.4. The number of rotatable bonds is 13. The molecule has 0 saturated heterocycles. The van der Waals surface area contributed by atoms with Crippen molar-refractivity contribution in [1.29, 1.82) is 0 Å². The van der Waals surface area contributed by atoms with Crippen molar-refractivity contribution in [2.24, 2.45) is 0 Å². The predicted octanol–water partition coefficient (Wildman–Crippen LogP) is 6.64. The number of ether oxygens (including phenoxy) is 1. The summed E-state index contributed by atoms with van der Waals surface area (Å²) in [6, 6.07) is 0. The van der Waals surface area contributed by atoms with Crippen LogP contribution in [0.25, 0.3) is 0 Å². The van der Waals surface area contributed by atoms with Crippen LogP contribution in [0.4, 0.5) is 0 Å². The molecule has 0 atom stereocenters. The fraction of sp³-hybridized carbons (Fsp3) is 0.435. The number of carbonyl (C=O) groups is 1. The average Bonchev–Trinajstić information content (AvgIpc) is 2.61. The van der Waals surface area contributed by atoms with E-state index in [1.807, 2.05) is 13.0 Å². The van der Waals surface area contributed by atoms with E-state index in [9.17, 15) is 4.79 Å². The maximum Gasteiger partial charge on any atom is 0.333 e. The molecule has 0 aliphatic heterocycles. The van der Waals surface area contributed by atoms with Crippen LogP contribution in [-0.4, -0.2) is 12.6 Å². The second kappa shape index (κ2) is 18.3. The smallest absolute Gasteiger partial charge is 0.333 e. The van der Waals surface area contributed by atoms with Gasteiger partial charge in [-0.05, 0) is 52.4 Å². The van der Waals surface area contributed by atoms with Gasteiger partial charge >= 0.3 is 5.97 Å². The molecule has 0 bridgehead atoms. The summed E-state index contributed by atoms with van der Waals surface area (Å²) in [5.41, 5.74) is 0.669. The normalized spacial score (nSPS) is 13.3. The Labute approximate surface area is 154 Å². The van der Waals surface area contributed by atoms with Gasteiger partial charge in [-0.2, -0.15) is 0 Å². The van der Waals surface area contributed by atoms with Crippen LogP contribution in [0.3, 0.4) is 0 Å². The summed E-state index contributed by atoms with van der Waals surface area (Å²) >= 11 is 0. The fourth-order valence-electron chi connectivity index (χ4n) is 1.92. The van der Waals surface area contributed by atoms with Crippen LogP contribution in [0.5, 0.6) is 0 Å². The molecule has 0 rings (SSSR count). The predicted molar refractivity (Wildman–Crippen MR) is 109 cm³/mol. The van der Waals surface area contributed by atoms with Crippen LogP contribution in [-0.2, 0) is 9.53 Å². The minimum Gasteiger partial charge on any atom is -0.463 e. The molecule has 0 fully saturated rings. The highest BCUT2D eigenvalue weighted by Gasteiger charge is 2.01. The topological polar surface area (TPSA) is 26.3 Å². The lowest BCUT2D eigenvalue weighted by Crippen LogP contribution is -2.04. The lowest BCUT2D eigenvalue weighted by Gasteiger charge is -1.99. The lowest BCUT2D eigenvalue weighted by atomic mass is 10.2. The molecular formula is C23H34O2. The molecular weight excluding hydrogens is 308 g/mol. The van der Waals surface area contributed by atoms with E-state index in [2.05, 4.69) is 67.7 Å². The SMILES string of the molecule is CC/C=C\C/C=C\C/C=C\C/C=C\C/C=C\C/C=C(/C)C(=O)OCC. The molecule has 0 saturated carbocycles. The van der Waals surface area contributed by atoms with Gasteiger partial charge in [0.1, 0.15) is 0 Å². The molecule has 138 valence electrons. The van der Waals surface area contributed by atoms with E-state index in [-0.39, 0.29) is 5.97 Å². The van der Waals surface area contributed by atoms with Crippen molar-refractivity contribution in [3.8, 4) is 0 Å². The van der Waals surface area contributed by atoms with Crippen molar-refractivity contribution in [1.82, 2.24) is 0 Å². The number of allylic oxidation sites excluding steroid dienone is 11. The Balaban J connectivity index is 3.72. The molecule has 0 aliphatic carbocycles. The van der Waals surface area contributed by atoms with Crippen LogP contribution in [0, 0.1) is 0 Å². The average molecular weight is 343 g/mol. The van der Waals surface area contributed by atoms with Crippen LogP contribution < -0.4 is 0 Å². The molecule has 0 heterocycles. The van der Waals surface area contributed by atoms with Gasteiger partial charge in [0.25, 0.3) is 0 Å². The zero-order valence-electron chi connectivity index (χ0n) is 16.1. The molecule has 0 aromatic carbocycles. The number of hydrogen-bond donors (Lipinski definition) is 0. The first-order valence-corrected chi connectivity index (χ1v) is 9.31. The van der Waals surface area contributed by atoms with Crippen LogP contribution in [0.15, 0.2) is 72.4 Å². The van der Waals surface area contributed by atoms with Gasteiger partial charge in [0, 0.05) is 5.57 Å². The van der Waals surface area contributed by atoms with Gasteiger partial charge in [-0.15, -0.1) is 0 Å². The van der Waals surface area contributed by atoms with Gasteiger partial charge < -0.3 is 4.74 Å². The molecule has 2 nitrogen and oxygen atoms in total. The van der Waals surface area contributed by atoms with Crippen LogP contribution in [0.2, 0.25) is 0 Å². The first-order valence-electron chi connectivity index (χ1n) is 9.31. The highest BCUT2D eigenvalue weighted by Crippen LogP contribution is 2.01. The van der Waals surface area contributed by atoms with Gasteiger partial charge in [0.2, 0.25) is 0 Å². The maximum atomic E-state index is 11.4. The lowest BCUT2D eigenvalue weighted by molar-refractivity contribution is -0.138. The van der Waals surface area contributed by atoms with E-state index in [1.54, 1.807) is 6.92 Å². The van der Waals surface area contributed by atoms with E-state index < -0.39 is 0 Å². The quantitative estimate of drug-likeness (QED) is 0.213. The van der Waals surface area contributed by atoms with E-state index in [4.69, 9.17) is 4.74 Å². The van der Waals surface area contributed by atoms with Gasteiger partial charge in [0.05, 0.1) is 6.61 Å². The van der Waals surface area contributed by atoms with Crippen molar-refractivity contribution in [3.05, 3.63) is 72.4 Å². The summed E-state index contributed by atoms with van der Waals surface area (Å²) in [5.74, 6) is -0.227. The Bertz CT molecular complexity index is 502. The van der Waals surface area contributed by atoms with Crippen molar-refractivity contribution in [2.75, 3.05) is 6.61 Å². The molecule has 0 unspecified atom stereocenters. The third kappa shape index (κ3) is 16.5.